The molecule has 0 unspecified atom stereocenters. The summed E-state index contributed by atoms with van der Waals surface area (Å²) in [5.74, 6) is -0.668. The van der Waals surface area contributed by atoms with Gasteiger partial charge < -0.3 is 0 Å². The van der Waals surface area contributed by atoms with Gasteiger partial charge in [0.05, 0.1) is 21.7 Å². The summed E-state index contributed by atoms with van der Waals surface area (Å²) >= 11 is 0. The zero-order chi connectivity index (χ0) is 24.9. The summed E-state index contributed by atoms with van der Waals surface area (Å²) in [5, 5.41) is 14.7. The van der Waals surface area contributed by atoms with Crippen LogP contribution in [0, 0.1) is 30.9 Å². The van der Waals surface area contributed by atoms with E-state index in [1.165, 1.54) is 36.5 Å². The number of aryl methyl sites for hydroxylation is 2. The number of non-ortho nitro benzene ring substituents is 1. The number of benzene rings is 3. The Hall–Kier alpha value is -4.05. The second-order valence-electron chi connectivity index (χ2n) is 7.69. The van der Waals surface area contributed by atoms with Crippen molar-refractivity contribution in [2.24, 2.45) is 5.10 Å². The fourth-order valence-corrected chi connectivity index (χ4v) is 4.68. The summed E-state index contributed by atoms with van der Waals surface area (Å²) in [6, 6.07) is 17.4. The quantitative estimate of drug-likeness (QED) is 0.298. The molecule has 9 nitrogen and oxygen atoms in total. The lowest BCUT2D eigenvalue weighted by Gasteiger charge is -2.26. The van der Waals surface area contributed by atoms with E-state index in [-0.39, 0.29) is 10.6 Å². The van der Waals surface area contributed by atoms with E-state index in [9.17, 15) is 23.3 Å². The maximum atomic E-state index is 13.5. The number of hydrazone groups is 1. The van der Waals surface area contributed by atoms with Crippen LogP contribution in [0.3, 0.4) is 0 Å². The highest BCUT2D eigenvalue weighted by Crippen LogP contribution is 2.28. The van der Waals surface area contributed by atoms with Crippen LogP contribution in [-0.4, -0.2) is 32.0 Å². The minimum Gasteiger partial charge on any atom is -0.271 e. The molecule has 1 N–H and O–H groups in total. The Morgan fingerprint density at radius 1 is 1.06 bits per heavy atom. The number of amides is 1. The molecule has 0 aliphatic heterocycles. The Kier molecular flexibility index (Phi) is 7.42. The summed E-state index contributed by atoms with van der Waals surface area (Å²) in [4.78, 5) is 23.1. The molecular weight excluding hydrogens is 456 g/mol. The van der Waals surface area contributed by atoms with Gasteiger partial charge in [-0.25, -0.2) is 13.8 Å². The molecule has 0 spiro atoms. The van der Waals surface area contributed by atoms with Crippen LogP contribution in [0.15, 0.2) is 76.7 Å². The molecule has 0 bridgehead atoms. The number of nitro groups is 1. The number of nitrogens with zero attached hydrogens (tertiary/aromatic N) is 3. The first-order chi connectivity index (χ1) is 16.1. The predicted molar refractivity (Wildman–Crippen MR) is 130 cm³/mol. The zero-order valence-corrected chi connectivity index (χ0v) is 19.7. The minimum atomic E-state index is -4.05. The average molecular weight is 481 g/mol. The fraction of sp³-hybridized carbons (Fsp3) is 0.167. The van der Waals surface area contributed by atoms with Crippen molar-refractivity contribution < 1.29 is 18.1 Å². The molecule has 176 valence electrons. The van der Waals surface area contributed by atoms with Gasteiger partial charge in [-0.05, 0) is 50.1 Å². The van der Waals surface area contributed by atoms with E-state index in [1.54, 1.807) is 37.3 Å². The topological polar surface area (TPSA) is 122 Å². The Labute approximate surface area is 197 Å². The third kappa shape index (κ3) is 5.65. The maximum absolute atomic E-state index is 13.5. The number of carbonyl (C=O) groups is 1. The molecule has 3 aromatic carbocycles. The van der Waals surface area contributed by atoms with Gasteiger partial charge in [0.1, 0.15) is 6.54 Å². The van der Waals surface area contributed by atoms with Crippen molar-refractivity contribution in [3.63, 3.8) is 0 Å². The number of hydrogen-bond acceptors (Lipinski definition) is 6. The molecule has 0 aliphatic rings. The van der Waals surface area contributed by atoms with Crippen molar-refractivity contribution in [3.05, 3.63) is 99.1 Å². The van der Waals surface area contributed by atoms with E-state index in [0.29, 0.717) is 11.3 Å². The second kappa shape index (κ2) is 10.3. The van der Waals surface area contributed by atoms with Crippen LogP contribution >= 0.6 is 0 Å². The molecule has 3 aromatic rings. The van der Waals surface area contributed by atoms with E-state index < -0.39 is 27.4 Å². The molecule has 0 saturated heterocycles. The lowest BCUT2D eigenvalue weighted by Crippen LogP contribution is -2.40. The summed E-state index contributed by atoms with van der Waals surface area (Å²) in [6.45, 7) is 5.00. The van der Waals surface area contributed by atoms with Gasteiger partial charge in [0.2, 0.25) is 0 Å². The van der Waals surface area contributed by atoms with Crippen LogP contribution in [0.25, 0.3) is 0 Å². The van der Waals surface area contributed by atoms with E-state index in [0.717, 1.165) is 21.0 Å². The summed E-state index contributed by atoms with van der Waals surface area (Å²) in [5.41, 5.74) is 5.50. The third-order valence-corrected chi connectivity index (χ3v) is 7.00. The van der Waals surface area contributed by atoms with Gasteiger partial charge in [-0.3, -0.25) is 19.2 Å². The van der Waals surface area contributed by atoms with Crippen LogP contribution in [-0.2, 0) is 14.8 Å². The standard InChI is InChI=1S/C24H24N4O5S/c1-17-10-12-22(13-11-17)34(32,33)27(23-9-4-6-18(2)19(23)3)16-24(29)26-25-15-20-7-5-8-21(14-20)28(30)31/h4-15H,16H2,1-3H3,(H,26,29)/b25-15-. The molecule has 0 aliphatic carbocycles. The van der Waals surface area contributed by atoms with Crippen LogP contribution in [0.4, 0.5) is 11.4 Å². The molecule has 0 saturated carbocycles. The van der Waals surface area contributed by atoms with Gasteiger partial charge in [0.15, 0.2) is 0 Å². The Morgan fingerprint density at radius 3 is 2.41 bits per heavy atom. The van der Waals surface area contributed by atoms with Crippen LogP contribution in [0.2, 0.25) is 0 Å². The number of sulfonamides is 1. The lowest BCUT2D eigenvalue weighted by atomic mass is 10.1. The predicted octanol–water partition coefficient (Wildman–Crippen LogP) is 3.87. The Morgan fingerprint density at radius 2 is 1.74 bits per heavy atom. The van der Waals surface area contributed by atoms with Crippen LogP contribution < -0.4 is 9.73 Å². The number of hydrogen-bond donors (Lipinski definition) is 1. The van der Waals surface area contributed by atoms with E-state index in [2.05, 4.69) is 10.5 Å². The molecule has 0 atom stereocenters. The highest BCUT2D eigenvalue weighted by atomic mass is 32.2. The van der Waals surface area contributed by atoms with Crippen molar-refractivity contribution in [2.45, 2.75) is 25.7 Å². The maximum Gasteiger partial charge on any atom is 0.270 e. The van der Waals surface area contributed by atoms with E-state index in [4.69, 9.17) is 0 Å². The molecule has 3 rings (SSSR count). The van der Waals surface area contributed by atoms with Crippen molar-refractivity contribution in [1.82, 2.24) is 5.43 Å². The first-order valence-electron chi connectivity index (χ1n) is 10.3. The van der Waals surface area contributed by atoms with E-state index >= 15 is 0 Å². The number of rotatable bonds is 8. The average Bonchev–Trinajstić information content (AvgIpc) is 2.80. The van der Waals surface area contributed by atoms with Crippen molar-refractivity contribution >= 4 is 33.5 Å². The first-order valence-corrected chi connectivity index (χ1v) is 11.8. The third-order valence-electron chi connectivity index (χ3n) is 5.22. The molecule has 0 heterocycles. The van der Waals surface area contributed by atoms with Crippen molar-refractivity contribution in [3.8, 4) is 0 Å². The Bertz CT molecular complexity index is 1350. The van der Waals surface area contributed by atoms with Gasteiger partial charge in [-0.1, -0.05) is 42.0 Å². The first kappa shape index (κ1) is 24.6. The summed E-state index contributed by atoms with van der Waals surface area (Å²) < 4.78 is 28.0. The highest BCUT2D eigenvalue weighted by molar-refractivity contribution is 7.92. The number of carbonyl (C=O) groups excluding carboxylic acids is 1. The molecule has 0 fully saturated rings. The van der Waals surface area contributed by atoms with Gasteiger partial charge >= 0.3 is 0 Å². The Balaban J connectivity index is 1.88. The van der Waals surface area contributed by atoms with Gasteiger partial charge in [-0.15, -0.1) is 0 Å². The van der Waals surface area contributed by atoms with Crippen molar-refractivity contribution in [2.75, 3.05) is 10.8 Å². The van der Waals surface area contributed by atoms with Gasteiger partial charge in [0, 0.05) is 17.7 Å². The monoisotopic (exact) mass is 480 g/mol. The lowest BCUT2D eigenvalue weighted by molar-refractivity contribution is -0.384. The molecule has 0 radical (unpaired) electrons. The summed E-state index contributed by atoms with van der Waals surface area (Å²) in [7, 11) is -4.05. The number of anilines is 1. The smallest absolute Gasteiger partial charge is 0.270 e. The fourth-order valence-electron chi connectivity index (χ4n) is 3.21. The van der Waals surface area contributed by atoms with Crippen LogP contribution in [0.5, 0.6) is 0 Å². The van der Waals surface area contributed by atoms with Crippen molar-refractivity contribution in [1.29, 1.82) is 0 Å². The number of nitro benzene ring substituents is 1. The molecular formula is C24H24N4O5S. The molecule has 1 amide bonds. The normalized spacial score (nSPS) is 11.4. The molecule has 10 heteroatoms. The van der Waals surface area contributed by atoms with Gasteiger partial charge in [0.25, 0.3) is 21.6 Å². The second-order valence-corrected chi connectivity index (χ2v) is 9.55. The minimum absolute atomic E-state index is 0.0619. The SMILES string of the molecule is Cc1ccc(S(=O)(=O)N(CC(=O)N/N=C\c2cccc([N+](=O)[O-])c2)c2cccc(C)c2C)cc1. The number of nitrogens with one attached hydrogen (secondary N) is 1. The van der Waals surface area contributed by atoms with Crippen LogP contribution in [0.1, 0.15) is 22.3 Å². The zero-order valence-electron chi connectivity index (χ0n) is 18.9. The van der Waals surface area contributed by atoms with Gasteiger partial charge in [-0.2, -0.15) is 5.10 Å². The molecule has 34 heavy (non-hydrogen) atoms. The highest BCUT2D eigenvalue weighted by Gasteiger charge is 2.28. The molecule has 0 aromatic heterocycles. The summed E-state index contributed by atoms with van der Waals surface area (Å²) in [6.07, 6.45) is 1.25. The largest absolute Gasteiger partial charge is 0.271 e. The van der Waals surface area contributed by atoms with E-state index in [1.807, 2.05) is 19.9 Å².